The van der Waals surface area contributed by atoms with Gasteiger partial charge < -0.3 is 10.3 Å². The van der Waals surface area contributed by atoms with Crippen LogP contribution in [-0.2, 0) is 0 Å². The van der Waals surface area contributed by atoms with Crippen LogP contribution < -0.4 is 5.32 Å². The molecule has 0 amide bonds. The SMILES string of the molecule is CNC(C)c1ccc2[nH]c3ccccc3c2c1. The molecule has 1 aromatic heterocycles. The lowest BCUT2D eigenvalue weighted by molar-refractivity contribution is 0.653. The average molecular weight is 224 g/mol. The summed E-state index contributed by atoms with van der Waals surface area (Å²) in [4.78, 5) is 3.44. The van der Waals surface area contributed by atoms with Gasteiger partial charge in [-0.2, -0.15) is 0 Å². The lowest BCUT2D eigenvalue weighted by Gasteiger charge is -2.10. The molecule has 2 N–H and O–H groups in total. The smallest absolute Gasteiger partial charge is 0.0465 e. The Kier molecular flexibility index (Phi) is 2.37. The van der Waals surface area contributed by atoms with Gasteiger partial charge >= 0.3 is 0 Å². The monoisotopic (exact) mass is 224 g/mol. The summed E-state index contributed by atoms with van der Waals surface area (Å²) in [6.07, 6.45) is 0. The first-order valence-corrected chi connectivity index (χ1v) is 5.97. The van der Waals surface area contributed by atoms with Crippen LogP contribution in [0.15, 0.2) is 42.5 Å². The fourth-order valence-electron chi connectivity index (χ4n) is 2.30. The lowest BCUT2D eigenvalue weighted by atomic mass is 10.0. The summed E-state index contributed by atoms with van der Waals surface area (Å²) in [5.74, 6) is 0. The number of aromatic amines is 1. The van der Waals surface area contributed by atoms with E-state index in [4.69, 9.17) is 0 Å². The van der Waals surface area contributed by atoms with Crippen molar-refractivity contribution in [3.05, 3.63) is 48.0 Å². The summed E-state index contributed by atoms with van der Waals surface area (Å²) in [6.45, 7) is 2.18. The third-order valence-corrected chi connectivity index (χ3v) is 3.46. The number of benzene rings is 2. The number of H-pyrrole nitrogens is 1. The van der Waals surface area contributed by atoms with Crippen LogP contribution in [0.4, 0.5) is 0 Å². The fraction of sp³-hybridized carbons (Fsp3) is 0.200. The highest BCUT2D eigenvalue weighted by molar-refractivity contribution is 6.07. The van der Waals surface area contributed by atoms with Crippen molar-refractivity contribution >= 4 is 21.8 Å². The standard InChI is InChI=1S/C15H16N2/c1-10(16-2)11-7-8-15-13(9-11)12-5-3-4-6-14(12)17-15/h3-10,16-17H,1-2H3. The molecular weight excluding hydrogens is 208 g/mol. The second-order valence-electron chi connectivity index (χ2n) is 4.49. The zero-order chi connectivity index (χ0) is 11.8. The van der Waals surface area contributed by atoms with E-state index >= 15 is 0 Å². The Balaban J connectivity index is 2.30. The number of nitrogens with one attached hydrogen (secondary N) is 2. The highest BCUT2D eigenvalue weighted by Crippen LogP contribution is 2.27. The molecule has 1 atom stereocenters. The van der Waals surface area contributed by atoms with Gasteiger partial charge in [0.15, 0.2) is 0 Å². The molecule has 0 saturated carbocycles. The summed E-state index contributed by atoms with van der Waals surface area (Å²) in [5.41, 5.74) is 3.74. The molecule has 2 aromatic carbocycles. The Labute approximate surface area is 101 Å². The molecule has 3 rings (SSSR count). The zero-order valence-electron chi connectivity index (χ0n) is 10.1. The molecule has 0 saturated heterocycles. The second-order valence-corrected chi connectivity index (χ2v) is 4.49. The zero-order valence-corrected chi connectivity index (χ0v) is 10.1. The highest BCUT2D eigenvalue weighted by atomic mass is 14.9. The third-order valence-electron chi connectivity index (χ3n) is 3.46. The minimum atomic E-state index is 0.382. The van der Waals surface area contributed by atoms with Crippen molar-refractivity contribution < 1.29 is 0 Å². The normalized spacial score (nSPS) is 13.3. The Hall–Kier alpha value is -1.80. The van der Waals surface area contributed by atoms with Gasteiger partial charge in [-0.15, -0.1) is 0 Å². The Morgan fingerprint density at radius 3 is 2.59 bits per heavy atom. The number of aromatic nitrogens is 1. The van der Waals surface area contributed by atoms with Gasteiger partial charge in [0.05, 0.1) is 0 Å². The Bertz CT molecular complexity index is 667. The van der Waals surface area contributed by atoms with Crippen molar-refractivity contribution in [2.75, 3.05) is 7.05 Å². The number of rotatable bonds is 2. The third kappa shape index (κ3) is 1.61. The van der Waals surface area contributed by atoms with Crippen LogP contribution in [0.3, 0.4) is 0 Å². The van der Waals surface area contributed by atoms with Gasteiger partial charge in [0.25, 0.3) is 0 Å². The van der Waals surface area contributed by atoms with Gasteiger partial charge in [-0.05, 0) is 37.7 Å². The van der Waals surface area contributed by atoms with Gasteiger partial charge in [-0.1, -0.05) is 24.3 Å². The molecule has 2 nitrogen and oxygen atoms in total. The number of para-hydroxylation sites is 1. The van der Waals surface area contributed by atoms with E-state index in [1.165, 1.54) is 27.4 Å². The van der Waals surface area contributed by atoms with Crippen LogP contribution in [0.5, 0.6) is 0 Å². The molecular formula is C15H16N2. The molecule has 0 aliphatic rings. The van der Waals surface area contributed by atoms with E-state index in [1.807, 2.05) is 7.05 Å². The summed E-state index contributed by atoms with van der Waals surface area (Å²) in [5, 5.41) is 5.88. The van der Waals surface area contributed by atoms with E-state index in [0.29, 0.717) is 6.04 Å². The van der Waals surface area contributed by atoms with Crippen LogP contribution in [0.2, 0.25) is 0 Å². The van der Waals surface area contributed by atoms with Crippen molar-refractivity contribution in [2.45, 2.75) is 13.0 Å². The molecule has 0 aliphatic heterocycles. The van der Waals surface area contributed by atoms with Crippen LogP contribution in [0.1, 0.15) is 18.5 Å². The molecule has 86 valence electrons. The summed E-state index contributed by atoms with van der Waals surface area (Å²) >= 11 is 0. The van der Waals surface area contributed by atoms with E-state index < -0.39 is 0 Å². The molecule has 0 fully saturated rings. The molecule has 3 aromatic rings. The number of hydrogen-bond acceptors (Lipinski definition) is 1. The quantitative estimate of drug-likeness (QED) is 0.684. The maximum atomic E-state index is 3.44. The molecule has 2 heteroatoms. The van der Waals surface area contributed by atoms with Gasteiger partial charge in [-0.25, -0.2) is 0 Å². The van der Waals surface area contributed by atoms with Crippen molar-refractivity contribution in [1.29, 1.82) is 0 Å². The minimum absolute atomic E-state index is 0.382. The first kappa shape index (κ1) is 10.4. The Morgan fingerprint density at radius 1 is 1.00 bits per heavy atom. The Morgan fingerprint density at radius 2 is 1.76 bits per heavy atom. The van der Waals surface area contributed by atoms with E-state index in [2.05, 4.69) is 59.7 Å². The van der Waals surface area contributed by atoms with Gasteiger partial charge in [0.2, 0.25) is 0 Å². The highest BCUT2D eigenvalue weighted by Gasteiger charge is 2.07. The van der Waals surface area contributed by atoms with Crippen molar-refractivity contribution in [1.82, 2.24) is 10.3 Å². The first-order chi connectivity index (χ1) is 8.29. The van der Waals surface area contributed by atoms with Crippen LogP contribution >= 0.6 is 0 Å². The molecule has 0 aliphatic carbocycles. The first-order valence-electron chi connectivity index (χ1n) is 5.97. The van der Waals surface area contributed by atoms with E-state index in [-0.39, 0.29) is 0 Å². The van der Waals surface area contributed by atoms with Crippen LogP contribution in [0.25, 0.3) is 21.8 Å². The van der Waals surface area contributed by atoms with E-state index in [9.17, 15) is 0 Å². The molecule has 0 bridgehead atoms. The van der Waals surface area contributed by atoms with Crippen LogP contribution in [-0.4, -0.2) is 12.0 Å². The predicted molar refractivity (Wildman–Crippen MR) is 73.3 cm³/mol. The van der Waals surface area contributed by atoms with Gasteiger partial charge in [0.1, 0.15) is 0 Å². The number of fused-ring (bicyclic) bond motifs is 3. The molecule has 1 unspecified atom stereocenters. The maximum Gasteiger partial charge on any atom is 0.0465 e. The summed E-state index contributed by atoms with van der Waals surface area (Å²) < 4.78 is 0. The van der Waals surface area contributed by atoms with Crippen molar-refractivity contribution in [3.63, 3.8) is 0 Å². The summed E-state index contributed by atoms with van der Waals surface area (Å²) in [7, 11) is 1.99. The maximum absolute atomic E-state index is 3.44. The predicted octanol–water partition coefficient (Wildman–Crippen LogP) is 3.60. The van der Waals surface area contributed by atoms with E-state index in [0.717, 1.165) is 0 Å². The molecule has 0 spiro atoms. The van der Waals surface area contributed by atoms with Gasteiger partial charge in [0, 0.05) is 27.8 Å². The van der Waals surface area contributed by atoms with Crippen LogP contribution in [0, 0.1) is 0 Å². The number of hydrogen-bond donors (Lipinski definition) is 2. The summed E-state index contributed by atoms with van der Waals surface area (Å²) in [6, 6.07) is 15.4. The average Bonchev–Trinajstić information content (AvgIpc) is 2.75. The largest absolute Gasteiger partial charge is 0.355 e. The fourth-order valence-corrected chi connectivity index (χ4v) is 2.30. The molecule has 17 heavy (non-hydrogen) atoms. The van der Waals surface area contributed by atoms with Crippen molar-refractivity contribution in [2.24, 2.45) is 0 Å². The van der Waals surface area contributed by atoms with Gasteiger partial charge in [-0.3, -0.25) is 0 Å². The lowest BCUT2D eigenvalue weighted by Crippen LogP contribution is -2.11. The topological polar surface area (TPSA) is 27.8 Å². The van der Waals surface area contributed by atoms with Crippen molar-refractivity contribution in [3.8, 4) is 0 Å². The second kappa shape index (κ2) is 3.90. The molecule has 1 heterocycles. The minimum Gasteiger partial charge on any atom is -0.355 e. The molecule has 0 radical (unpaired) electrons. The van der Waals surface area contributed by atoms with E-state index in [1.54, 1.807) is 0 Å².